The highest BCUT2D eigenvalue weighted by atomic mass is 32.1. The molecule has 25 heavy (non-hydrogen) atoms. The first-order valence-corrected chi connectivity index (χ1v) is 9.38. The number of thiazole rings is 1. The minimum absolute atomic E-state index is 0.0202. The number of rotatable bonds is 3. The van der Waals surface area contributed by atoms with Gasteiger partial charge in [-0.05, 0) is 5.56 Å². The van der Waals surface area contributed by atoms with Gasteiger partial charge in [0.15, 0.2) is 0 Å². The highest BCUT2D eigenvalue weighted by molar-refractivity contribution is 7.09. The third-order valence-corrected chi connectivity index (χ3v) is 5.60. The first-order valence-electron chi connectivity index (χ1n) is 8.50. The molecular formula is C18H20N4O2S. The molecule has 2 aromatic rings. The van der Waals surface area contributed by atoms with E-state index in [1.54, 1.807) is 4.90 Å². The first-order chi connectivity index (χ1) is 12.2. The molecule has 0 bridgehead atoms. The lowest BCUT2D eigenvalue weighted by molar-refractivity contribution is -0.131. The molecule has 7 heteroatoms. The number of benzene rings is 1. The molecule has 2 aliphatic rings. The summed E-state index contributed by atoms with van der Waals surface area (Å²) in [5.74, 6) is -0.0552. The van der Waals surface area contributed by atoms with Gasteiger partial charge in [-0.15, -0.1) is 11.3 Å². The number of amides is 2. The Balaban J connectivity index is 1.43. The van der Waals surface area contributed by atoms with Crippen LogP contribution in [0.25, 0.3) is 0 Å². The van der Waals surface area contributed by atoms with E-state index < -0.39 is 0 Å². The molecule has 0 saturated carbocycles. The molecule has 2 aliphatic heterocycles. The molecule has 4 rings (SSSR count). The van der Waals surface area contributed by atoms with Gasteiger partial charge in [-0.1, -0.05) is 30.3 Å². The van der Waals surface area contributed by atoms with E-state index in [1.807, 2.05) is 23.6 Å². The molecule has 0 aliphatic carbocycles. The number of fused-ring (bicyclic) bond motifs is 1. The van der Waals surface area contributed by atoms with E-state index in [-0.39, 0.29) is 17.9 Å². The second-order valence-electron chi connectivity index (χ2n) is 6.38. The first kappa shape index (κ1) is 16.2. The quantitative estimate of drug-likeness (QED) is 0.891. The summed E-state index contributed by atoms with van der Waals surface area (Å²) in [6.45, 7) is 3.38. The Kier molecular flexibility index (Phi) is 4.50. The van der Waals surface area contributed by atoms with Crippen LogP contribution in [0.4, 0.5) is 0 Å². The minimum atomic E-state index is -0.228. The maximum Gasteiger partial charge on any atom is 0.273 e. The zero-order valence-corrected chi connectivity index (χ0v) is 14.7. The van der Waals surface area contributed by atoms with Gasteiger partial charge in [0.05, 0.1) is 5.01 Å². The van der Waals surface area contributed by atoms with E-state index in [0.29, 0.717) is 25.3 Å². The van der Waals surface area contributed by atoms with Crippen molar-refractivity contribution in [2.45, 2.75) is 12.5 Å². The summed E-state index contributed by atoms with van der Waals surface area (Å²) < 4.78 is 0. The number of carbonyl (C=O) groups excluding carboxylic acids is 2. The molecule has 1 aromatic carbocycles. The lowest BCUT2D eigenvalue weighted by Crippen LogP contribution is -2.64. The standard InChI is InChI=1S/C18H20N4O2S/c23-17-15-11-22(9-8-21(15)7-6-19-17)18(24)14-12-25-16(20-14)10-13-4-2-1-3-5-13/h1-5,12,15H,6-11H2,(H,19,23). The normalized spacial score (nSPS) is 20.9. The molecule has 2 saturated heterocycles. The summed E-state index contributed by atoms with van der Waals surface area (Å²) in [7, 11) is 0. The van der Waals surface area contributed by atoms with Crippen LogP contribution >= 0.6 is 11.3 Å². The number of hydrogen-bond donors (Lipinski definition) is 1. The maximum atomic E-state index is 12.8. The van der Waals surface area contributed by atoms with Crippen molar-refractivity contribution in [1.29, 1.82) is 0 Å². The molecule has 1 atom stereocenters. The van der Waals surface area contributed by atoms with Crippen molar-refractivity contribution >= 4 is 23.2 Å². The fraction of sp³-hybridized carbons (Fsp3) is 0.389. The Labute approximate surface area is 150 Å². The molecule has 1 N–H and O–H groups in total. The largest absolute Gasteiger partial charge is 0.353 e. The van der Waals surface area contributed by atoms with Crippen LogP contribution in [0.5, 0.6) is 0 Å². The molecule has 130 valence electrons. The van der Waals surface area contributed by atoms with Crippen molar-refractivity contribution in [1.82, 2.24) is 20.1 Å². The van der Waals surface area contributed by atoms with Crippen LogP contribution in [0.3, 0.4) is 0 Å². The molecule has 6 nitrogen and oxygen atoms in total. The summed E-state index contributed by atoms with van der Waals surface area (Å²) in [6.07, 6.45) is 0.734. The number of carbonyl (C=O) groups is 2. The van der Waals surface area contributed by atoms with Crippen LogP contribution in [0.1, 0.15) is 21.1 Å². The molecule has 1 unspecified atom stereocenters. The Bertz CT molecular complexity index is 776. The van der Waals surface area contributed by atoms with Gasteiger partial charge in [-0.3, -0.25) is 14.5 Å². The third-order valence-electron chi connectivity index (χ3n) is 4.75. The Morgan fingerprint density at radius 1 is 1.24 bits per heavy atom. The van der Waals surface area contributed by atoms with Gasteiger partial charge in [-0.25, -0.2) is 4.98 Å². The second-order valence-corrected chi connectivity index (χ2v) is 7.33. The molecule has 0 radical (unpaired) electrons. The minimum Gasteiger partial charge on any atom is -0.353 e. The lowest BCUT2D eigenvalue weighted by atomic mass is 10.1. The van der Waals surface area contributed by atoms with Crippen molar-refractivity contribution in [3.8, 4) is 0 Å². The second kappa shape index (κ2) is 6.93. The van der Waals surface area contributed by atoms with E-state index in [0.717, 1.165) is 24.5 Å². The average molecular weight is 356 g/mol. The maximum absolute atomic E-state index is 12.8. The number of piperazine rings is 2. The summed E-state index contributed by atoms with van der Waals surface area (Å²) in [4.78, 5) is 33.2. The lowest BCUT2D eigenvalue weighted by Gasteiger charge is -2.42. The SMILES string of the molecule is O=C1NCCN2CCN(C(=O)c3csc(Cc4ccccc4)n3)CC12. The van der Waals surface area contributed by atoms with Crippen molar-refractivity contribution < 1.29 is 9.59 Å². The van der Waals surface area contributed by atoms with Crippen LogP contribution in [0.2, 0.25) is 0 Å². The summed E-state index contributed by atoms with van der Waals surface area (Å²) in [6, 6.07) is 9.89. The van der Waals surface area contributed by atoms with E-state index in [4.69, 9.17) is 0 Å². The number of aromatic nitrogens is 1. The smallest absolute Gasteiger partial charge is 0.273 e. The molecular weight excluding hydrogens is 336 g/mol. The van der Waals surface area contributed by atoms with Crippen LogP contribution in [0.15, 0.2) is 35.7 Å². The summed E-state index contributed by atoms with van der Waals surface area (Å²) in [5, 5.41) is 5.64. The van der Waals surface area contributed by atoms with Crippen LogP contribution in [-0.4, -0.2) is 65.4 Å². The van der Waals surface area contributed by atoms with Gasteiger partial charge in [-0.2, -0.15) is 0 Å². The van der Waals surface area contributed by atoms with Crippen molar-refractivity contribution in [3.63, 3.8) is 0 Å². The van der Waals surface area contributed by atoms with Gasteiger partial charge < -0.3 is 10.2 Å². The van der Waals surface area contributed by atoms with Crippen LogP contribution in [0, 0.1) is 0 Å². The number of hydrogen-bond acceptors (Lipinski definition) is 5. The fourth-order valence-electron chi connectivity index (χ4n) is 3.38. The van der Waals surface area contributed by atoms with E-state index in [1.165, 1.54) is 16.9 Å². The van der Waals surface area contributed by atoms with Gasteiger partial charge in [0.25, 0.3) is 5.91 Å². The van der Waals surface area contributed by atoms with E-state index in [9.17, 15) is 9.59 Å². The molecule has 2 amide bonds. The van der Waals surface area contributed by atoms with Crippen molar-refractivity contribution in [2.75, 3.05) is 32.7 Å². The Hall–Kier alpha value is -2.25. The monoisotopic (exact) mass is 356 g/mol. The van der Waals surface area contributed by atoms with Gasteiger partial charge in [0.1, 0.15) is 11.7 Å². The molecule has 3 heterocycles. The third kappa shape index (κ3) is 3.43. The zero-order valence-electron chi connectivity index (χ0n) is 13.9. The molecule has 0 spiro atoms. The van der Waals surface area contributed by atoms with Gasteiger partial charge in [0.2, 0.25) is 5.91 Å². The van der Waals surface area contributed by atoms with E-state index in [2.05, 4.69) is 27.3 Å². The number of nitrogens with one attached hydrogen (secondary N) is 1. The fourth-order valence-corrected chi connectivity index (χ4v) is 4.19. The Morgan fingerprint density at radius 3 is 2.92 bits per heavy atom. The van der Waals surface area contributed by atoms with Crippen molar-refractivity contribution in [3.05, 3.63) is 52.0 Å². The van der Waals surface area contributed by atoms with Gasteiger partial charge in [0, 0.05) is 44.5 Å². The predicted molar refractivity (Wildman–Crippen MR) is 95.6 cm³/mol. The zero-order chi connectivity index (χ0) is 17.2. The topological polar surface area (TPSA) is 65.5 Å². The molecule has 2 fully saturated rings. The van der Waals surface area contributed by atoms with Crippen molar-refractivity contribution in [2.24, 2.45) is 0 Å². The summed E-state index contributed by atoms with van der Waals surface area (Å²) >= 11 is 1.51. The highest BCUT2D eigenvalue weighted by Gasteiger charge is 2.36. The Morgan fingerprint density at radius 2 is 2.08 bits per heavy atom. The average Bonchev–Trinajstić information content (AvgIpc) is 3.10. The number of nitrogens with zero attached hydrogens (tertiary/aromatic N) is 3. The summed E-state index contributed by atoms with van der Waals surface area (Å²) in [5.41, 5.74) is 1.67. The van der Waals surface area contributed by atoms with Crippen LogP contribution in [-0.2, 0) is 11.2 Å². The molecule has 1 aromatic heterocycles. The predicted octanol–water partition coefficient (Wildman–Crippen LogP) is 0.990. The van der Waals surface area contributed by atoms with E-state index >= 15 is 0 Å². The highest BCUT2D eigenvalue weighted by Crippen LogP contribution is 2.19. The van der Waals surface area contributed by atoms with Gasteiger partial charge >= 0.3 is 0 Å². The van der Waals surface area contributed by atoms with Crippen LogP contribution < -0.4 is 5.32 Å².